The van der Waals surface area contributed by atoms with Crippen LogP contribution in [0.1, 0.15) is 23.6 Å². The summed E-state index contributed by atoms with van der Waals surface area (Å²) < 4.78 is 7.36. The van der Waals surface area contributed by atoms with Gasteiger partial charge in [-0.3, -0.25) is 0 Å². The molecule has 3 rings (SSSR count). The minimum atomic E-state index is 0.227. The van der Waals surface area contributed by atoms with Gasteiger partial charge >= 0.3 is 0 Å². The molecular formula is C14H18N4O. The normalized spacial score (nSPS) is 18.1. The fourth-order valence-corrected chi connectivity index (χ4v) is 2.47. The van der Waals surface area contributed by atoms with Gasteiger partial charge < -0.3 is 15.0 Å². The number of nitrogens with two attached hydrogens (primary N) is 1. The van der Waals surface area contributed by atoms with E-state index in [1.54, 1.807) is 7.11 Å². The van der Waals surface area contributed by atoms with Crippen LogP contribution in [0.4, 0.5) is 0 Å². The number of ether oxygens (including phenoxy) is 1. The molecule has 0 saturated carbocycles. The molecule has 2 heterocycles. The topological polar surface area (TPSA) is 66.0 Å². The lowest BCUT2D eigenvalue weighted by Gasteiger charge is -2.20. The predicted octanol–water partition coefficient (Wildman–Crippen LogP) is 1.15. The van der Waals surface area contributed by atoms with Crippen molar-refractivity contribution in [1.29, 1.82) is 0 Å². The second kappa shape index (κ2) is 5.01. The van der Waals surface area contributed by atoms with Gasteiger partial charge in [-0.05, 0) is 24.1 Å². The summed E-state index contributed by atoms with van der Waals surface area (Å²) in [5.74, 6) is 2.91. The largest absolute Gasteiger partial charge is 0.497 e. The number of hydrogen-bond acceptors (Lipinski definition) is 4. The number of methoxy groups -OCH3 is 1. The highest BCUT2D eigenvalue weighted by atomic mass is 16.5. The summed E-state index contributed by atoms with van der Waals surface area (Å²) in [5, 5.41) is 8.54. The van der Waals surface area contributed by atoms with Crippen molar-refractivity contribution in [3.63, 3.8) is 0 Å². The molecule has 100 valence electrons. The Bertz CT molecular complexity index is 561. The van der Waals surface area contributed by atoms with Gasteiger partial charge in [-0.25, -0.2) is 0 Å². The Morgan fingerprint density at radius 3 is 2.84 bits per heavy atom. The van der Waals surface area contributed by atoms with Crippen molar-refractivity contribution in [3.8, 4) is 5.75 Å². The zero-order valence-corrected chi connectivity index (χ0v) is 11.0. The van der Waals surface area contributed by atoms with Gasteiger partial charge in [0.2, 0.25) is 0 Å². The van der Waals surface area contributed by atoms with Crippen LogP contribution in [0.15, 0.2) is 24.3 Å². The van der Waals surface area contributed by atoms with E-state index in [0.717, 1.165) is 43.2 Å². The van der Waals surface area contributed by atoms with Crippen LogP contribution in [-0.4, -0.2) is 27.9 Å². The first-order valence-corrected chi connectivity index (χ1v) is 6.55. The monoisotopic (exact) mass is 258 g/mol. The quantitative estimate of drug-likeness (QED) is 0.897. The van der Waals surface area contributed by atoms with Crippen molar-refractivity contribution >= 4 is 0 Å². The Kier molecular flexibility index (Phi) is 3.21. The zero-order valence-electron chi connectivity index (χ0n) is 11.0. The molecule has 1 aliphatic rings. The van der Waals surface area contributed by atoms with Crippen LogP contribution in [0.25, 0.3) is 0 Å². The molecule has 0 saturated heterocycles. The van der Waals surface area contributed by atoms with Gasteiger partial charge in [-0.2, -0.15) is 0 Å². The third-order valence-corrected chi connectivity index (χ3v) is 3.59. The standard InChI is InChI=1S/C14H18N4O/c1-19-12-4-2-10(3-5-12)8-13-16-17-14-9-11(15)6-7-18(13)14/h2-5,11H,6-9,15H2,1H3. The third-order valence-electron chi connectivity index (χ3n) is 3.59. The molecule has 5 nitrogen and oxygen atoms in total. The van der Waals surface area contributed by atoms with Gasteiger partial charge in [0.1, 0.15) is 17.4 Å². The maximum atomic E-state index is 5.95. The Hall–Kier alpha value is -1.88. The number of aromatic nitrogens is 3. The van der Waals surface area contributed by atoms with Gasteiger partial charge in [-0.1, -0.05) is 12.1 Å². The Labute approximate surface area is 112 Å². The molecule has 2 N–H and O–H groups in total. The van der Waals surface area contributed by atoms with E-state index in [9.17, 15) is 0 Å². The van der Waals surface area contributed by atoms with E-state index in [1.165, 1.54) is 5.56 Å². The molecule has 0 amide bonds. The summed E-state index contributed by atoms with van der Waals surface area (Å²) in [6.07, 6.45) is 2.63. The lowest BCUT2D eigenvalue weighted by Crippen LogP contribution is -2.31. The summed E-state index contributed by atoms with van der Waals surface area (Å²) >= 11 is 0. The third kappa shape index (κ3) is 2.46. The summed E-state index contributed by atoms with van der Waals surface area (Å²) in [4.78, 5) is 0. The van der Waals surface area contributed by atoms with Crippen LogP contribution in [0, 0.1) is 0 Å². The van der Waals surface area contributed by atoms with Crippen LogP contribution < -0.4 is 10.5 Å². The zero-order chi connectivity index (χ0) is 13.2. The van der Waals surface area contributed by atoms with Crippen LogP contribution in [0.5, 0.6) is 5.75 Å². The van der Waals surface area contributed by atoms with Gasteiger partial charge in [0.05, 0.1) is 7.11 Å². The predicted molar refractivity (Wildman–Crippen MR) is 72.1 cm³/mol. The van der Waals surface area contributed by atoms with Crippen molar-refractivity contribution in [3.05, 3.63) is 41.5 Å². The first-order valence-electron chi connectivity index (χ1n) is 6.55. The molecule has 0 radical (unpaired) electrons. The number of fused-ring (bicyclic) bond motifs is 1. The maximum absolute atomic E-state index is 5.95. The first kappa shape index (κ1) is 12.2. The second-order valence-electron chi connectivity index (χ2n) is 4.96. The second-order valence-corrected chi connectivity index (χ2v) is 4.96. The van der Waals surface area contributed by atoms with Crippen LogP contribution in [-0.2, 0) is 19.4 Å². The molecule has 5 heteroatoms. The maximum Gasteiger partial charge on any atom is 0.137 e. The molecule has 1 unspecified atom stereocenters. The number of hydrogen-bond donors (Lipinski definition) is 1. The van der Waals surface area contributed by atoms with Crippen molar-refractivity contribution < 1.29 is 4.74 Å². The molecule has 0 aliphatic carbocycles. The minimum absolute atomic E-state index is 0.227. The number of rotatable bonds is 3. The van der Waals surface area contributed by atoms with Gasteiger partial charge in [0.25, 0.3) is 0 Å². The fraction of sp³-hybridized carbons (Fsp3) is 0.429. The summed E-state index contributed by atoms with van der Waals surface area (Å²) in [5.41, 5.74) is 7.16. The highest BCUT2D eigenvalue weighted by molar-refractivity contribution is 5.29. The number of nitrogens with zero attached hydrogens (tertiary/aromatic N) is 3. The van der Waals surface area contributed by atoms with Gasteiger partial charge in [0.15, 0.2) is 0 Å². The molecule has 19 heavy (non-hydrogen) atoms. The lowest BCUT2D eigenvalue weighted by atomic mass is 10.1. The molecule has 1 aromatic heterocycles. The smallest absolute Gasteiger partial charge is 0.137 e. The van der Waals surface area contributed by atoms with Crippen LogP contribution in [0.2, 0.25) is 0 Å². The van der Waals surface area contributed by atoms with Crippen LogP contribution >= 0.6 is 0 Å². The lowest BCUT2D eigenvalue weighted by molar-refractivity contribution is 0.414. The molecule has 0 fully saturated rings. The summed E-state index contributed by atoms with van der Waals surface area (Å²) in [6, 6.07) is 8.30. The molecule has 0 bridgehead atoms. The molecule has 0 spiro atoms. The average molecular weight is 258 g/mol. The minimum Gasteiger partial charge on any atom is -0.497 e. The molecule has 1 aromatic carbocycles. The highest BCUT2D eigenvalue weighted by Crippen LogP contribution is 2.18. The Balaban J connectivity index is 1.79. The average Bonchev–Trinajstić information content (AvgIpc) is 2.82. The highest BCUT2D eigenvalue weighted by Gasteiger charge is 2.20. The molecule has 1 atom stereocenters. The van der Waals surface area contributed by atoms with Crippen LogP contribution in [0.3, 0.4) is 0 Å². The SMILES string of the molecule is COc1ccc(Cc2nnc3n2CCC(N)C3)cc1. The van der Waals surface area contributed by atoms with Gasteiger partial charge in [-0.15, -0.1) is 10.2 Å². The van der Waals surface area contributed by atoms with E-state index in [0.29, 0.717) is 0 Å². The fourth-order valence-electron chi connectivity index (χ4n) is 2.47. The van der Waals surface area contributed by atoms with E-state index < -0.39 is 0 Å². The van der Waals surface area contributed by atoms with Crippen molar-refractivity contribution in [2.24, 2.45) is 5.73 Å². The summed E-state index contributed by atoms with van der Waals surface area (Å²) in [7, 11) is 1.67. The van der Waals surface area contributed by atoms with Crippen molar-refractivity contribution in [2.45, 2.75) is 31.8 Å². The molecule has 1 aliphatic heterocycles. The van der Waals surface area contributed by atoms with E-state index >= 15 is 0 Å². The number of benzene rings is 1. The summed E-state index contributed by atoms with van der Waals surface area (Å²) in [6.45, 7) is 0.926. The molecule has 2 aromatic rings. The Morgan fingerprint density at radius 2 is 2.11 bits per heavy atom. The van der Waals surface area contributed by atoms with Crippen molar-refractivity contribution in [1.82, 2.24) is 14.8 Å². The van der Waals surface area contributed by atoms with E-state index in [-0.39, 0.29) is 6.04 Å². The van der Waals surface area contributed by atoms with E-state index in [4.69, 9.17) is 10.5 Å². The van der Waals surface area contributed by atoms with E-state index in [2.05, 4.69) is 26.9 Å². The Morgan fingerprint density at radius 1 is 1.32 bits per heavy atom. The van der Waals surface area contributed by atoms with Gasteiger partial charge in [0, 0.05) is 25.4 Å². The molecular weight excluding hydrogens is 240 g/mol. The van der Waals surface area contributed by atoms with E-state index in [1.807, 2.05) is 12.1 Å². The first-order chi connectivity index (χ1) is 9.26. The van der Waals surface area contributed by atoms with Crippen molar-refractivity contribution in [2.75, 3.05) is 7.11 Å².